The molecule has 0 spiro atoms. The third kappa shape index (κ3) is 4.60. The van der Waals surface area contributed by atoms with Crippen LogP contribution in [0.15, 0.2) is 21.3 Å². The number of rotatable bonds is 7. The zero-order valence-corrected chi connectivity index (χ0v) is 16.1. The zero-order valence-electron chi connectivity index (χ0n) is 15.3. The van der Waals surface area contributed by atoms with Crippen molar-refractivity contribution in [2.24, 2.45) is 5.92 Å². The van der Waals surface area contributed by atoms with E-state index in [1.807, 2.05) is 6.92 Å². The Balaban J connectivity index is 2.21. The molecule has 0 saturated carbocycles. The summed E-state index contributed by atoms with van der Waals surface area (Å²) in [5.74, 6) is -2.31. The molecule has 7 nitrogen and oxygen atoms in total. The van der Waals surface area contributed by atoms with Gasteiger partial charge in [0.1, 0.15) is 11.3 Å². The number of benzene rings is 1. The fourth-order valence-electron chi connectivity index (χ4n) is 2.84. The Hall–Kier alpha value is -2.54. The average Bonchev–Trinajstić information content (AvgIpc) is 2.60. The number of carbonyl (C=O) groups excluding carboxylic acids is 2. The van der Waals surface area contributed by atoms with E-state index in [4.69, 9.17) is 16.0 Å². The van der Waals surface area contributed by atoms with Crippen LogP contribution in [0.4, 0.5) is 0 Å². The molecule has 0 fully saturated rings. The summed E-state index contributed by atoms with van der Waals surface area (Å²) in [6.07, 6.45) is 0.567. The van der Waals surface area contributed by atoms with E-state index < -0.39 is 23.5 Å². The molecule has 0 aliphatic heterocycles. The molecule has 1 aromatic carbocycles. The van der Waals surface area contributed by atoms with E-state index in [0.29, 0.717) is 22.9 Å². The van der Waals surface area contributed by atoms with Gasteiger partial charge in [0.05, 0.1) is 17.0 Å². The highest BCUT2D eigenvalue weighted by Gasteiger charge is 2.20. The van der Waals surface area contributed by atoms with Crippen molar-refractivity contribution in [3.63, 3.8) is 0 Å². The minimum Gasteiger partial charge on any atom is -0.548 e. The number of carboxylic acid groups (broad SMARTS) is 1. The summed E-state index contributed by atoms with van der Waals surface area (Å²) in [7, 11) is 0. The average molecular weight is 395 g/mol. The minimum atomic E-state index is -1.34. The largest absolute Gasteiger partial charge is 0.548 e. The molecular formula is C19H21ClNO6-. The van der Waals surface area contributed by atoms with Gasteiger partial charge in [-0.05, 0) is 30.9 Å². The number of hydrogen-bond donors (Lipinski definition) is 2. The quantitative estimate of drug-likeness (QED) is 0.689. The summed E-state index contributed by atoms with van der Waals surface area (Å²) in [6.45, 7) is 5.23. The number of carbonyl (C=O) groups is 2. The second kappa shape index (κ2) is 8.43. The molecule has 146 valence electrons. The first-order valence-electron chi connectivity index (χ1n) is 8.60. The predicted octanol–water partition coefficient (Wildman–Crippen LogP) is 1.67. The maximum atomic E-state index is 12.2. The lowest BCUT2D eigenvalue weighted by Crippen LogP contribution is -2.51. The second-order valence-corrected chi connectivity index (χ2v) is 6.95. The van der Waals surface area contributed by atoms with E-state index in [1.165, 1.54) is 12.1 Å². The van der Waals surface area contributed by atoms with Crippen molar-refractivity contribution in [1.29, 1.82) is 0 Å². The summed E-state index contributed by atoms with van der Waals surface area (Å²) < 4.78 is 5.21. The Bertz CT molecular complexity index is 936. The molecule has 2 atom stereocenters. The van der Waals surface area contributed by atoms with Crippen molar-refractivity contribution in [3.05, 3.63) is 38.7 Å². The first-order chi connectivity index (χ1) is 12.6. The first-order valence-corrected chi connectivity index (χ1v) is 8.98. The lowest BCUT2D eigenvalue weighted by Gasteiger charge is -2.25. The van der Waals surface area contributed by atoms with Crippen LogP contribution < -0.4 is 16.0 Å². The Kier molecular flexibility index (Phi) is 6.49. The summed E-state index contributed by atoms with van der Waals surface area (Å²) in [5.41, 5.74) is 0.469. The number of amides is 1. The van der Waals surface area contributed by atoms with E-state index in [2.05, 4.69) is 5.32 Å². The number of phenolic OH excluding ortho intramolecular Hbond substituents is 1. The lowest BCUT2D eigenvalue weighted by atomic mass is 9.98. The van der Waals surface area contributed by atoms with Crippen LogP contribution in [0, 0.1) is 12.8 Å². The van der Waals surface area contributed by atoms with Gasteiger partial charge in [0.2, 0.25) is 5.91 Å². The van der Waals surface area contributed by atoms with Gasteiger partial charge in [-0.1, -0.05) is 31.9 Å². The number of hydrogen-bond acceptors (Lipinski definition) is 6. The Morgan fingerprint density at radius 2 is 2.04 bits per heavy atom. The number of fused-ring (bicyclic) bond motifs is 1. The van der Waals surface area contributed by atoms with E-state index in [1.54, 1.807) is 13.8 Å². The molecular weight excluding hydrogens is 374 g/mol. The highest BCUT2D eigenvalue weighted by molar-refractivity contribution is 6.32. The van der Waals surface area contributed by atoms with Gasteiger partial charge in [-0.25, -0.2) is 4.79 Å². The molecule has 0 bridgehead atoms. The molecule has 1 amide bonds. The smallest absolute Gasteiger partial charge is 0.339 e. The van der Waals surface area contributed by atoms with Crippen LogP contribution in [0.2, 0.25) is 5.02 Å². The Morgan fingerprint density at radius 1 is 1.37 bits per heavy atom. The molecule has 27 heavy (non-hydrogen) atoms. The van der Waals surface area contributed by atoms with Crippen molar-refractivity contribution in [3.8, 4) is 5.75 Å². The molecule has 0 radical (unpaired) electrons. The molecule has 2 N–H and O–H groups in total. The highest BCUT2D eigenvalue weighted by Crippen LogP contribution is 2.30. The molecule has 0 aliphatic rings. The molecule has 0 saturated heterocycles. The van der Waals surface area contributed by atoms with Gasteiger partial charge < -0.3 is 24.7 Å². The van der Waals surface area contributed by atoms with Crippen molar-refractivity contribution in [1.82, 2.24) is 5.32 Å². The number of aromatic hydroxyl groups is 1. The number of carboxylic acids is 1. The summed E-state index contributed by atoms with van der Waals surface area (Å²) >= 11 is 5.91. The van der Waals surface area contributed by atoms with Crippen molar-refractivity contribution in [2.45, 2.75) is 46.1 Å². The minimum absolute atomic E-state index is 0.0781. The van der Waals surface area contributed by atoms with Crippen LogP contribution in [0.25, 0.3) is 11.0 Å². The molecule has 0 aliphatic carbocycles. The van der Waals surface area contributed by atoms with Gasteiger partial charge in [0, 0.05) is 23.4 Å². The Morgan fingerprint density at radius 3 is 2.63 bits per heavy atom. The van der Waals surface area contributed by atoms with Crippen LogP contribution in [0.3, 0.4) is 0 Å². The number of nitrogens with one attached hydrogen (secondary N) is 1. The predicted molar refractivity (Wildman–Crippen MR) is 98.6 cm³/mol. The zero-order chi connectivity index (χ0) is 20.3. The molecule has 2 rings (SSSR count). The monoisotopic (exact) mass is 394 g/mol. The standard InChI is InChI=1S/C19H22ClNO6/c1-4-9(2)17(18(24)25)21-16(23)6-5-11-10(3)12-7-13(20)14(22)8-15(12)27-19(11)26/h7-9,17,22H,4-6H2,1-3H3,(H,21,23)(H,24,25)/p-1/t9-,17-/m1/s1. The van der Waals surface area contributed by atoms with Gasteiger partial charge in [-0.15, -0.1) is 0 Å². The number of aliphatic carboxylic acids is 1. The van der Waals surface area contributed by atoms with E-state index >= 15 is 0 Å². The van der Waals surface area contributed by atoms with E-state index in [-0.39, 0.29) is 35.1 Å². The Labute approximate surface area is 160 Å². The molecule has 1 heterocycles. The maximum absolute atomic E-state index is 12.2. The van der Waals surface area contributed by atoms with E-state index in [0.717, 1.165) is 0 Å². The molecule has 2 aromatic rings. The topological polar surface area (TPSA) is 120 Å². The highest BCUT2D eigenvalue weighted by atomic mass is 35.5. The van der Waals surface area contributed by atoms with Crippen molar-refractivity contribution in [2.75, 3.05) is 0 Å². The fraction of sp³-hybridized carbons (Fsp3) is 0.421. The summed E-state index contributed by atoms with van der Waals surface area (Å²) in [4.78, 5) is 35.6. The van der Waals surface area contributed by atoms with Crippen LogP contribution >= 0.6 is 11.6 Å². The van der Waals surface area contributed by atoms with Crippen molar-refractivity contribution < 1.29 is 24.2 Å². The van der Waals surface area contributed by atoms with Crippen LogP contribution in [0.1, 0.15) is 37.8 Å². The third-order valence-corrected chi connectivity index (χ3v) is 5.04. The molecule has 0 unspecified atom stereocenters. The lowest BCUT2D eigenvalue weighted by molar-refractivity contribution is -0.309. The van der Waals surface area contributed by atoms with Crippen LogP contribution in [-0.2, 0) is 16.0 Å². The normalized spacial score (nSPS) is 13.3. The number of halogens is 1. The summed E-state index contributed by atoms with van der Waals surface area (Å²) in [5, 5.41) is 24.0. The summed E-state index contributed by atoms with van der Waals surface area (Å²) in [6, 6.07) is 1.67. The number of aryl methyl sites for hydroxylation is 1. The van der Waals surface area contributed by atoms with Gasteiger partial charge in [0.15, 0.2) is 0 Å². The van der Waals surface area contributed by atoms with Crippen LogP contribution in [0.5, 0.6) is 5.75 Å². The second-order valence-electron chi connectivity index (χ2n) is 6.54. The maximum Gasteiger partial charge on any atom is 0.339 e. The van der Waals surface area contributed by atoms with Gasteiger partial charge in [-0.3, -0.25) is 4.79 Å². The third-order valence-electron chi connectivity index (χ3n) is 4.74. The van der Waals surface area contributed by atoms with Gasteiger partial charge in [-0.2, -0.15) is 0 Å². The SMILES string of the molecule is CC[C@@H](C)[C@@H](NC(=O)CCc1c(C)c2cc(Cl)c(O)cc2oc1=O)C(=O)[O-]. The fourth-order valence-corrected chi connectivity index (χ4v) is 3.00. The molecule has 1 aromatic heterocycles. The molecule has 8 heteroatoms. The van der Waals surface area contributed by atoms with Crippen molar-refractivity contribution >= 4 is 34.4 Å². The van der Waals surface area contributed by atoms with Gasteiger partial charge >= 0.3 is 5.63 Å². The number of phenols is 1. The van der Waals surface area contributed by atoms with E-state index in [9.17, 15) is 24.6 Å². The van der Waals surface area contributed by atoms with Gasteiger partial charge in [0.25, 0.3) is 0 Å². The first kappa shape index (κ1) is 20.8. The van der Waals surface area contributed by atoms with Crippen LogP contribution in [-0.4, -0.2) is 23.0 Å².